The first-order valence-corrected chi connectivity index (χ1v) is 4.88. The lowest BCUT2D eigenvalue weighted by Gasteiger charge is -2.17. The molecule has 0 rings (SSSR count). The fourth-order valence-corrected chi connectivity index (χ4v) is 1.22. The van der Waals surface area contributed by atoms with Gasteiger partial charge in [0.15, 0.2) is 0 Å². The Bertz CT molecular complexity index is 102. The van der Waals surface area contributed by atoms with Gasteiger partial charge < -0.3 is 5.73 Å². The van der Waals surface area contributed by atoms with E-state index >= 15 is 0 Å². The highest BCUT2D eigenvalue weighted by Gasteiger charge is 1.97. The highest BCUT2D eigenvalue weighted by molar-refractivity contribution is 4.72. The number of likely N-dealkylation sites (N-methyl/N-ethyl adjacent to an activating group) is 1. The Morgan fingerprint density at radius 3 is 2.58 bits per heavy atom. The third kappa shape index (κ3) is 6.38. The molecule has 0 aliphatic rings. The van der Waals surface area contributed by atoms with Crippen molar-refractivity contribution in [2.45, 2.75) is 26.2 Å². The molecule has 0 bridgehead atoms. The van der Waals surface area contributed by atoms with Gasteiger partial charge in [0.2, 0.25) is 0 Å². The number of hydrogen-bond acceptors (Lipinski definition) is 2. The molecule has 0 spiro atoms. The van der Waals surface area contributed by atoms with Crippen LogP contribution < -0.4 is 5.73 Å². The van der Waals surface area contributed by atoms with Crippen LogP contribution in [-0.2, 0) is 0 Å². The van der Waals surface area contributed by atoms with Crippen molar-refractivity contribution < 1.29 is 0 Å². The van der Waals surface area contributed by atoms with Gasteiger partial charge in [0.25, 0.3) is 0 Å². The molecule has 2 heteroatoms. The molecular formula is C10H22N2. The van der Waals surface area contributed by atoms with Gasteiger partial charge in [-0.1, -0.05) is 19.4 Å². The highest BCUT2D eigenvalue weighted by atomic mass is 15.1. The van der Waals surface area contributed by atoms with Gasteiger partial charge in [-0.25, -0.2) is 0 Å². The minimum Gasteiger partial charge on any atom is -0.330 e. The summed E-state index contributed by atoms with van der Waals surface area (Å²) < 4.78 is 0. The molecule has 0 aliphatic carbocycles. The first-order chi connectivity index (χ1) is 5.85. The van der Waals surface area contributed by atoms with E-state index in [0.717, 1.165) is 26.1 Å². The van der Waals surface area contributed by atoms with Gasteiger partial charge >= 0.3 is 0 Å². The molecule has 0 atom stereocenters. The molecule has 0 aliphatic heterocycles. The predicted octanol–water partition coefficient (Wildman–Crippen LogP) is 1.62. The van der Waals surface area contributed by atoms with Crippen molar-refractivity contribution in [1.29, 1.82) is 0 Å². The van der Waals surface area contributed by atoms with Gasteiger partial charge in [-0.3, -0.25) is 4.90 Å². The standard InChI is InChI=1S/C10H22N2/c1-3-9-12(4-2)10-7-5-6-8-11/h3H,1,4-11H2,2H3. The van der Waals surface area contributed by atoms with Crippen LogP contribution >= 0.6 is 0 Å². The molecule has 2 nitrogen and oxygen atoms in total. The fourth-order valence-electron chi connectivity index (χ4n) is 1.22. The number of hydrogen-bond donors (Lipinski definition) is 1. The summed E-state index contributed by atoms with van der Waals surface area (Å²) in [6.45, 7) is 10.1. The predicted molar refractivity (Wildman–Crippen MR) is 55.2 cm³/mol. The zero-order chi connectivity index (χ0) is 9.23. The van der Waals surface area contributed by atoms with Gasteiger partial charge in [-0.2, -0.15) is 0 Å². The van der Waals surface area contributed by atoms with E-state index < -0.39 is 0 Å². The van der Waals surface area contributed by atoms with Crippen LogP contribution in [0.5, 0.6) is 0 Å². The Kier molecular flexibility index (Phi) is 8.51. The van der Waals surface area contributed by atoms with E-state index in [4.69, 9.17) is 5.73 Å². The Morgan fingerprint density at radius 1 is 1.33 bits per heavy atom. The van der Waals surface area contributed by atoms with Crippen LogP contribution in [0.15, 0.2) is 12.7 Å². The van der Waals surface area contributed by atoms with E-state index in [1.807, 2.05) is 6.08 Å². The second-order valence-corrected chi connectivity index (χ2v) is 3.03. The van der Waals surface area contributed by atoms with E-state index in [9.17, 15) is 0 Å². The highest BCUT2D eigenvalue weighted by Crippen LogP contribution is 1.97. The van der Waals surface area contributed by atoms with Crippen molar-refractivity contribution in [1.82, 2.24) is 4.90 Å². The maximum atomic E-state index is 5.41. The summed E-state index contributed by atoms with van der Waals surface area (Å²) in [5.74, 6) is 0. The summed E-state index contributed by atoms with van der Waals surface area (Å²) in [7, 11) is 0. The largest absolute Gasteiger partial charge is 0.330 e. The molecule has 0 saturated carbocycles. The van der Waals surface area contributed by atoms with Crippen LogP contribution in [0.1, 0.15) is 26.2 Å². The average Bonchev–Trinajstić information content (AvgIpc) is 2.10. The topological polar surface area (TPSA) is 29.3 Å². The summed E-state index contributed by atoms with van der Waals surface area (Å²) in [6.07, 6.45) is 5.64. The van der Waals surface area contributed by atoms with Crippen molar-refractivity contribution in [2.75, 3.05) is 26.2 Å². The van der Waals surface area contributed by atoms with Crippen molar-refractivity contribution in [3.63, 3.8) is 0 Å². The molecule has 0 aromatic heterocycles. The fraction of sp³-hybridized carbons (Fsp3) is 0.800. The molecule has 2 N–H and O–H groups in total. The van der Waals surface area contributed by atoms with E-state index in [2.05, 4.69) is 18.4 Å². The first-order valence-electron chi connectivity index (χ1n) is 4.88. The lowest BCUT2D eigenvalue weighted by molar-refractivity contribution is 0.310. The number of nitrogens with two attached hydrogens (primary N) is 1. The Labute approximate surface area is 76.4 Å². The van der Waals surface area contributed by atoms with Crippen LogP contribution in [0.25, 0.3) is 0 Å². The molecule has 0 amide bonds. The first kappa shape index (κ1) is 11.7. The molecule has 0 fully saturated rings. The van der Waals surface area contributed by atoms with Crippen molar-refractivity contribution in [3.8, 4) is 0 Å². The van der Waals surface area contributed by atoms with Crippen LogP contribution in [0.2, 0.25) is 0 Å². The maximum absolute atomic E-state index is 5.41. The number of unbranched alkanes of at least 4 members (excludes halogenated alkanes) is 2. The third-order valence-corrected chi connectivity index (χ3v) is 2.01. The van der Waals surface area contributed by atoms with Crippen LogP contribution in [0, 0.1) is 0 Å². The Balaban J connectivity index is 3.25. The summed E-state index contributed by atoms with van der Waals surface area (Å²) in [4.78, 5) is 2.39. The van der Waals surface area contributed by atoms with E-state index in [1.165, 1.54) is 19.4 Å². The molecule has 0 aromatic rings. The Hall–Kier alpha value is -0.340. The lowest BCUT2D eigenvalue weighted by atomic mass is 10.2. The molecular weight excluding hydrogens is 148 g/mol. The summed E-state index contributed by atoms with van der Waals surface area (Å²) in [5, 5.41) is 0. The van der Waals surface area contributed by atoms with Crippen LogP contribution in [-0.4, -0.2) is 31.1 Å². The molecule has 0 heterocycles. The van der Waals surface area contributed by atoms with Gasteiger partial charge in [0, 0.05) is 6.54 Å². The average molecular weight is 170 g/mol. The van der Waals surface area contributed by atoms with E-state index in [1.54, 1.807) is 0 Å². The summed E-state index contributed by atoms with van der Waals surface area (Å²) in [6, 6.07) is 0. The zero-order valence-electron chi connectivity index (χ0n) is 8.26. The molecule has 0 unspecified atom stereocenters. The van der Waals surface area contributed by atoms with Crippen molar-refractivity contribution in [2.24, 2.45) is 5.73 Å². The SMILES string of the molecule is C=CCN(CC)CCCCCN. The minimum atomic E-state index is 0.827. The second-order valence-electron chi connectivity index (χ2n) is 3.03. The van der Waals surface area contributed by atoms with Gasteiger partial charge in [-0.15, -0.1) is 6.58 Å². The summed E-state index contributed by atoms with van der Waals surface area (Å²) >= 11 is 0. The molecule has 0 aromatic carbocycles. The molecule has 72 valence electrons. The molecule has 0 saturated heterocycles. The van der Waals surface area contributed by atoms with E-state index in [-0.39, 0.29) is 0 Å². The maximum Gasteiger partial charge on any atom is 0.0160 e. The normalized spacial score (nSPS) is 10.6. The monoisotopic (exact) mass is 170 g/mol. The lowest BCUT2D eigenvalue weighted by Crippen LogP contribution is -2.24. The smallest absolute Gasteiger partial charge is 0.0160 e. The molecule has 0 radical (unpaired) electrons. The number of nitrogens with zero attached hydrogens (tertiary/aromatic N) is 1. The Morgan fingerprint density at radius 2 is 2.08 bits per heavy atom. The van der Waals surface area contributed by atoms with Gasteiger partial charge in [-0.05, 0) is 32.5 Å². The van der Waals surface area contributed by atoms with Crippen molar-refractivity contribution >= 4 is 0 Å². The zero-order valence-corrected chi connectivity index (χ0v) is 8.26. The third-order valence-electron chi connectivity index (χ3n) is 2.01. The minimum absolute atomic E-state index is 0.827. The quantitative estimate of drug-likeness (QED) is 0.443. The molecule has 12 heavy (non-hydrogen) atoms. The van der Waals surface area contributed by atoms with Gasteiger partial charge in [0.1, 0.15) is 0 Å². The van der Waals surface area contributed by atoms with E-state index in [0.29, 0.717) is 0 Å². The van der Waals surface area contributed by atoms with Crippen LogP contribution in [0.4, 0.5) is 0 Å². The van der Waals surface area contributed by atoms with Crippen molar-refractivity contribution in [3.05, 3.63) is 12.7 Å². The second kappa shape index (κ2) is 8.75. The number of rotatable bonds is 8. The van der Waals surface area contributed by atoms with Gasteiger partial charge in [0.05, 0.1) is 0 Å². The summed E-state index contributed by atoms with van der Waals surface area (Å²) in [5.41, 5.74) is 5.41. The van der Waals surface area contributed by atoms with Crippen LogP contribution in [0.3, 0.4) is 0 Å².